The van der Waals surface area contributed by atoms with E-state index in [0.29, 0.717) is 0 Å². The first-order chi connectivity index (χ1) is 12.5. The lowest BCUT2D eigenvalue weighted by Gasteiger charge is -2.11. The largest absolute Gasteiger partial charge is 0.253 e. The molecule has 0 N–H and O–H groups in total. The summed E-state index contributed by atoms with van der Waals surface area (Å²) in [5, 5.41) is 0. The fraction of sp³-hybridized carbons (Fsp3) is 0.125. The number of hydrogen-bond donors (Lipinski definition) is 0. The number of benzene rings is 3. The Balaban J connectivity index is 2.11. The minimum atomic E-state index is 1.01. The summed E-state index contributed by atoms with van der Waals surface area (Å²) in [5.41, 5.74) is 7.92. The standard InChI is InChI=1S/C24H22BrN/c1-17-8-7-9-18(2)24(17)26-19(3)23(21-10-5-4-6-11-21)16-20-12-14-22(25)15-13-20/h4-16H,1-3H3/b23-16-,26-19?. The summed E-state index contributed by atoms with van der Waals surface area (Å²) in [6.07, 6.45) is 2.20. The van der Waals surface area contributed by atoms with Gasteiger partial charge in [-0.1, -0.05) is 76.6 Å². The molecule has 0 unspecified atom stereocenters. The van der Waals surface area contributed by atoms with Gasteiger partial charge in [0.15, 0.2) is 0 Å². The van der Waals surface area contributed by atoms with Crippen LogP contribution in [0.2, 0.25) is 0 Å². The minimum absolute atomic E-state index is 1.01. The molecule has 0 bridgehead atoms. The van der Waals surface area contributed by atoms with E-state index < -0.39 is 0 Å². The van der Waals surface area contributed by atoms with Crippen molar-refractivity contribution in [2.45, 2.75) is 20.8 Å². The van der Waals surface area contributed by atoms with Crippen LogP contribution in [0.15, 0.2) is 82.3 Å². The van der Waals surface area contributed by atoms with Crippen molar-refractivity contribution in [3.63, 3.8) is 0 Å². The van der Waals surface area contributed by atoms with Gasteiger partial charge in [-0.2, -0.15) is 0 Å². The van der Waals surface area contributed by atoms with Crippen LogP contribution in [-0.4, -0.2) is 5.71 Å². The second-order valence-corrected chi connectivity index (χ2v) is 7.33. The van der Waals surface area contributed by atoms with Crippen LogP contribution < -0.4 is 0 Å². The van der Waals surface area contributed by atoms with E-state index in [1.54, 1.807) is 0 Å². The fourth-order valence-electron chi connectivity index (χ4n) is 2.95. The lowest BCUT2D eigenvalue weighted by atomic mass is 9.98. The number of para-hydroxylation sites is 1. The molecule has 0 aromatic heterocycles. The maximum absolute atomic E-state index is 4.99. The zero-order chi connectivity index (χ0) is 18.5. The van der Waals surface area contributed by atoms with Crippen LogP contribution in [0.4, 0.5) is 5.69 Å². The molecule has 0 saturated carbocycles. The lowest BCUT2D eigenvalue weighted by Crippen LogP contribution is -1.98. The molecule has 0 radical (unpaired) electrons. The van der Waals surface area contributed by atoms with Crippen molar-refractivity contribution in [2.24, 2.45) is 4.99 Å². The molecule has 3 aromatic carbocycles. The third-order valence-electron chi connectivity index (χ3n) is 4.37. The summed E-state index contributed by atoms with van der Waals surface area (Å²) in [7, 11) is 0. The molecule has 0 aliphatic heterocycles. The SMILES string of the molecule is CC(=Nc1c(C)cccc1C)/C(=C/c1ccc(Br)cc1)c1ccccc1. The number of aliphatic imine (C=N–C) groups is 1. The second-order valence-electron chi connectivity index (χ2n) is 6.41. The Hall–Kier alpha value is -2.45. The molecule has 0 saturated heterocycles. The summed E-state index contributed by atoms with van der Waals surface area (Å²) < 4.78 is 1.08. The van der Waals surface area contributed by atoms with Crippen LogP contribution >= 0.6 is 15.9 Å². The van der Waals surface area contributed by atoms with Gasteiger partial charge in [-0.05, 0) is 61.2 Å². The van der Waals surface area contributed by atoms with E-state index in [0.717, 1.165) is 27.0 Å². The smallest absolute Gasteiger partial charge is 0.0691 e. The van der Waals surface area contributed by atoms with Crippen molar-refractivity contribution in [3.8, 4) is 0 Å². The Morgan fingerprint density at radius 1 is 0.808 bits per heavy atom. The van der Waals surface area contributed by atoms with Gasteiger partial charge in [0.1, 0.15) is 0 Å². The second kappa shape index (κ2) is 8.29. The minimum Gasteiger partial charge on any atom is -0.253 e. The topological polar surface area (TPSA) is 12.4 Å². The molecule has 0 aliphatic rings. The zero-order valence-corrected chi connectivity index (χ0v) is 16.9. The van der Waals surface area contributed by atoms with Crippen LogP contribution in [0.25, 0.3) is 11.6 Å². The van der Waals surface area contributed by atoms with Crippen molar-refractivity contribution < 1.29 is 0 Å². The maximum atomic E-state index is 4.99. The molecule has 0 atom stereocenters. The Kier molecular flexibility index (Phi) is 5.85. The predicted molar refractivity (Wildman–Crippen MR) is 117 cm³/mol. The van der Waals surface area contributed by atoms with E-state index in [4.69, 9.17) is 4.99 Å². The van der Waals surface area contributed by atoms with E-state index in [2.05, 4.69) is 110 Å². The van der Waals surface area contributed by atoms with Gasteiger partial charge in [0.05, 0.1) is 5.69 Å². The van der Waals surface area contributed by atoms with Crippen molar-refractivity contribution >= 4 is 39.0 Å². The third kappa shape index (κ3) is 4.39. The van der Waals surface area contributed by atoms with Crippen molar-refractivity contribution in [1.82, 2.24) is 0 Å². The Bertz CT molecular complexity index is 931. The first-order valence-electron chi connectivity index (χ1n) is 8.69. The van der Waals surface area contributed by atoms with Crippen molar-refractivity contribution in [2.75, 3.05) is 0 Å². The van der Waals surface area contributed by atoms with Crippen molar-refractivity contribution in [1.29, 1.82) is 0 Å². The predicted octanol–water partition coefficient (Wildman–Crippen LogP) is 7.40. The van der Waals surface area contributed by atoms with Crippen molar-refractivity contribution in [3.05, 3.63) is 99.5 Å². The molecule has 3 rings (SSSR count). The summed E-state index contributed by atoms with van der Waals surface area (Å²) in [5.74, 6) is 0. The molecule has 0 aliphatic carbocycles. The van der Waals surface area contributed by atoms with Gasteiger partial charge in [-0.3, -0.25) is 4.99 Å². The Morgan fingerprint density at radius 3 is 2.04 bits per heavy atom. The highest BCUT2D eigenvalue weighted by molar-refractivity contribution is 9.10. The van der Waals surface area contributed by atoms with Gasteiger partial charge < -0.3 is 0 Å². The summed E-state index contributed by atoms with van der Waals surface area (Å²) >= 11 is 3.50. The molecule has 0 heterocycles. The number of halogens is 1. The van der Waals surface area contributed by atoms with E-state index >= 15 is 0 Å². The third-order valence-corrected chi connectivity index (χ3v) is 4.90. The molecule has 0 fully saturated rings. The molecule has 2 heteroatoms. The highest BCUT2D eigenvalue weighted by Crippen LogP contribution is 2.27. The number of allylic oxidation sites excluding steroid dienone is 1. The van der Waals surface area contributed by atoms with Crippen LogP contribution in [-0.2, 0) is 0 Å². The molecular formula is C24H22BrN. The van der Waals surface area contributed by atoms with Gasteiger partial charge >= 0.3 is 0 Å². The fourth-order valence-corrected chi connectivity index (χ4v) is 3.21. The molecule has 3 aromatic rings. The quantitative estimate of drug-likeness (QED) is 0.317. The molecule has 0 amide bonds. The van der Waals surface area contributed by atoms with E-state index in [1.165, 1.54) is 16.7 Å². The zero-order valence-electron chi connectivity index (χ0n) is 15.3. The van der Waals surface area contributed by atoms with Gasteiger partial charge in [-0.25, -0.2) is 0 Å². The highest BCUT2D eigenvalue weighted by Gasteiger charge is 2.08. The first kappa shape index (κ1) is 18.3. The first-order valence-corrected chi connectivity index (χ1v) is 9.48. The van der Waals surface area contributed by atoms with Crippen LogP contribution in [0.5, 0.6) is 0 Å². The normalized spacial score (nSPS) is 12.3. The van der Waals surface area contributed by atoms with Gasteiger partial charge in [0.2, 0.25) is 0 Å². The number of aryl methyl sites for hydroxylation is 2. The number of rotatable bonds is 4. The van der Waals surface area contributed by atoms with Crippen LogP contribution in [0, 0.1) is 13.8 Å². The van der Waals surface area contributed by atoms with E-state index in [1.807, 2.05) is 6.07 Å². The van der Waals surface area contributed by atoms with E-state index in [-0.39, 0.29) is 0 Å². The average molecular weight is 404 g/mol. The highest BCUT2D eigenvalue weighted by atomic mass is 79.9. The van der Waals surface area contributed by atoms with Crippen LogP contribution in [0.1, 0.15) is 29.2 Å². The molecule has 0 spiro atoms. The molecule has 26 heavy (non-hydrogen) atoms. The lowest BCUT2D eigenvalue weighted by molar-refractivity contribution is 1.32. The summed E-state index contributed by atoms with van der Waals surface area (Å²) in [6.45, 7) is 6.31. The number of nitrogens with zero attached hydrogens (tertiary/aromatic N) is 1. The van der Waals surface area contributed by atoms with Gasteiger partial charge in [0.25, 0.3) is 0 Å². The molecule has 130 valence electrons. The Labute approximate surface area is 164 Å². The van der Waals surface area contributed by atoms with Crippen LogP contribution in [0.3, 0.4) is 0 Å². The molecular weight excluding hydrogens is 382 g/mol. The number of hydrogen-bond acceptors (Lipinski definition) is 1. The Morgan fingerprint density at radius 2 is 1.42 bits per heavy atom. The van der Waals surface area contributed by atoms with Gasteiger partial charge in [0, 0.05) is 15.8 Å². The van der Waals surface area contributed by atoms with Gasteiger partial charge in [-0.15, -0.1) is 0 Å². The summed E-state index contributed by atoms with van der Waals surface area (Å²) in [4.78, 5) is 4.99. The summed E-state index contributed by atoms with van der Waals surface area (Å²) in [6, 6.07) is 25.1. The maximum Gasteiger partial charge on any atom is 0.0691 e. The average Bonchev–Trinajstić information content (AvgIpc) is 2.65. The molecule has 1 nitrogen and oxygen atoms in total. The van der Waals surface area contributed by atoms with E-state index in [9.17, 15) is 0 Å². The monoisotopic (exact) mass is 403 g/mol.